The molecule has 0 spiro atoms. The molecule has 0 aromatic rings. The van der Waals surface area contributed by atoms with Gasteiger partial charge in [0, 0.05) is 48.5 Å². The SMILES string of the molecule is CC(=O)OCC1O[C@@H](O[C@H]2C(OC(C)=O)C(OC(C)=O)[C@H](OC(=N)C(Cl)(Cl)Cl)O[C@H]2COC(C)=O)C(OC(C)=O)[C@@H](OC(C)=O)[C@H]1OC(C)=O. The summed E-state index contributed by atoms with van der Waals surface area (Å²) in [6, 6.07) is 0. The molecule has 282 valence electrons. The third-order valence-corrected chi connectivity index (χ3v) is 6.89. The van der Waals surface area contributed by atoms with Crippen molar-refractivity contribution in [1.29, 1.82) is 5.41 Å². The average molecular weight is 781 g/mol. The van der Waals surface area contributed by atoms with Gasteiger partial charge in [0.1, 0.15) is 31.5 Å². The molecule has 0 bridgehead atoms. The van der Waals surface area contributed by atoms with Crippen molar-refractivity contribution in [1.82, 2.24) is 0 Å². The van der Waals surface area contributed by atoms with Crippen LogP contribution in [0.2, 0.25) is 0 Å². The molecular weight excluding hydrogens is 745 g/mol. The third-order valence-electron chi connectivity index (χ3n) is 6.38. The monoisotopic (exact) mass is 779 g/mol. The predicted molar refractivity (Wildman–Crippen MR) is 162 cm³/mol. The van der Waals surface area contributed by atoms with E-state index in [1.165, 1.54) is 0 Å². The van der Waals surface area contributed by atoms with Crippen molar-refractivity contribution >= 4 is 82.5 Å². The van der Waals surface area contributed by atoms with E-state index in [9.17, 15) is 33.6 Å². The van der Waals surface area contributed by atoms with Gasteiger partial charge >= 0.3 is 41.8 Å². The van der Waals surface area contributed by atoms with Crippen molar-refractivity contribution in [3.8, 4) is 0 Å². The lowest BCUT2D eigenvalue weighted by Gasteiger charge is -2.48. The number of esters is 7. The van der Waals surface area contributed by atoms with E-state index in [2.05, 4.69) is 0 Å². The highest BCUT2D eigenvalue weighted by atomic mass is 35.6. The first-order valence-electron chi connectivity index (χ1n) is 14.5. The second-order valence-electron chi connectivity index (χ2n) is 10.6. The Morgan fingerprint density at radius 1 is 0.500 bits per heavy atom. The molecule has 0 saturated carbocycles. The highest BCUT2D eigenvalue weighted by molar-refractivity contribution is 6.76. The maximum atomic E-state index is 12.4. The number of carbonyl (C=O) groups excluding carboxylic acids is 7. The van der Waals surface area contributed by atoms with E-state index in [0.29, 0.717) is 0 Å². The van der Waals surface area contributed by atoms with Crippen LogP contribution in [0, 0.1) is 5.41 Å². The summed E-state index contributed by atoms with van der Waals surface area (Å²) in [5.41, 5.74) is 0. The van der Waals surface area contributed by atoms with Crippen LogP contribution in [0.15, 0.2) is 0 Å². The molecule has 2 saturated heterocycles. The van der Waals surface area contributed by atoms with Gasteiger partial charge in [0.2, 0.25) is 18.3 Å². The molecule has 2 aliphatic rings. The Kier molecular flexibility index (Phi) is 15.9. The molecule has 0 aromatic carbocycles. The minimum Gasteiger partial charge on any atom is -0.463 e. The van der Waals surface area contributed by atoms with E-state index in [1.54, 1.807) is 0 Å². The molecule has 4 unspecified atom stereocenters. The van der Waals surface area contributed by atoms with Gasteiger partial charge in [0.05, 0.1) is 0 Å². The van der Waals surface area contributed by atoms with Gasteiger partial charge in [-0.25, -0.2) is 0 Å². The smallest absolute Gasteiger partial charge is 0.303 e. The van der Waals surface area contributed by atoms with Crippen molar-refractivity contribution in [2.45, 2.75) is 114 Å². The van der Waals surface area contributed by atoms with E-state index in [4.69, 9.17) is 92.3 Å². The summed E-state index contributed by atoms with van der Waals surface area (Å²) < 4.78 is 58.1. The van der Waals surface area contributed by atoms with Gasteiger partial charge in [-0.3, -0.25) is 39.0 Å². The average Bonchev–Trinajstić information content (AvgIpc) is 2.95. The first-order valence-corrected chi connectivity index (χ1v) is 15.7. The maximum Gasteiger partial charge on any atom is 0.303 e. The minimum atomic E-state index is -2.45. The summed E-state index contributed by atoms with van der Waals surface area (Å²) in [6.07, 6.45) is -17.0. The van der Waals surface area contributed by atoms with Crippen LogP contribution in [0.5, 0.6) is 0 Å². The van der Waals surface area contributed by atoms with Gasteiger partial charge in [-0.2, -0.15) is 0 Å². The van der Waals surface area contributed by atoms with E-state index in [1.807, 2.05) is 0 Å². The fourth-order valence-electron chi connectivity index (χ4n) is 4.75. The standard InChI is InChI=1S/C28H36Cl3NO18/c1-10(33)40-8-17-19(42-12(3)35)21(43-13(4)36)23(45-15(6)38)25(47-17)49-20-18(9-41-11(2)34)48-26(50-27(32)28(29,30)31)24(46-16(7)39)22(20)44-14(5)37/h17-26,32H,8-9H2,1-7H3/t17?,18-,19-,20+,21-,22?,23?,24?,25-,26-/m0/s1. The fourth-order valence-corrected chi connectivity index (χ4v) is 4.88. The van der Waals surface area contributed by atoms with Crippen LogP contribution in [0.4, 0.5) is 0 Å². The van der Waals surface area contributed by atoms with Gasteiger partial charge in [-0.15, -0.1) is 0 Å². The molecule has 0 amide bonds. The Hall–Kier alpha value is -3.49. The molecule has 2 heterocycles. The van der Waals surface area contributed by atoms with Crippen LogP contribution in [-0.2, 0) is 85.7 Å². The quantitative estimate of drug-likeness (QED) is 0.0953. The lowest BCUT2D eigenvalue weighted by molar-refractivity contribution is -0.355. The van der Waals surface area contributed by atoms with Gasteiger partial charge < -0.3 is 52.1 Å². The first-order chi connectivity index (χ1) is 23.1. The van der Waals surface area contributed by atoms with Crippen LogP contribution < -0.4 is 0 Å². The van der Waals surface area contributed by atoms with Crippen LogP contribution in [0.1, 0.15) is 48.5 Å². The molecular formula is C28H36Cl3NO18. The van der Waals surface area contributed by atoms with Crippen molar-refractivity contribution in [2.75, 3.05) is 13.2 Å². The summed E-state index contributed by atoms with van der Waals surface area (Å²) >= 11 is 17.3. The van der Waals surface area contributed by atoms with E-state index >= 15 is 0 Å². The van der Waals surface area contributed by atoms with Crippen LogP contribution >= 0.6 is 34.8 Å². The Balaban J connectivity index is 2.77. The number of ether oxygens (including phenoxy) is 11. The topological polar surface area (TPSA) is 245 Å². The molecule has 1 N–H and O–H groups in total. The van der Waals surface area contributed by atoms with E-state index in [-0.39, 0.29) is 0 Å². The van der Waals surface area contributed by atoms with Crippen molar-refractivity contribution in [2.24, 2.45) is 0 Å². The lowest BCUT2D eigenvalue weighted by Crippen LogP contribution is -2.67. The number of halogens is 3. The molecule has 0 aromatic heterocycles. The summed E-state index contributed by atoms with van der Waals surface area (Å²) in [6.45, 7) is 5.79. The molecule has 0 radical (unpaired) electrons. The zero-order valence-electron chi connectivity index (χ0n) is 27.7. The number of hydrogen-bond acceptors (Lipinski definition) is 19. The Bertz CT molecular complexity index is 1310. The number of carbonyl (C=O) groups is 7. The van der Waals surface area contributed by atoms with Gasteiger partial charge in [0.25, 0.3) is 3.79 Å². The molecule has 50 heavy (non-hydrogen) atoms. The number of rotatable bonds is 12. The predicted octanol–water partition coefficient (Wildman–Crippen LogP) is 0.970. The summed E-state index contributed by atoms with van der Waals surface area (Å²) in [5, 5.41) is 8.03. The zero-order valence-corrected chi connectivity index (χ0v) is 29.9. The second-order valence-corrected chi connectivity index (χ2v) is 12.9. The highest BCUT2D eigenvalue weighted by Gasteiger charge is 2.58. The molecule has 22 heteroatoms. The maximum absolute atomic E-state index is 12.4. The zero-order chi connectivity index (χ0) is 38.1. The highest BCUT2D eigenvalue weighted by Crippen LogP contribution is 2.37. The minimum absolute atomic E-state index is 0.617. The van der Waals surface area contributed by atoms with E-state index < -0.39 is 126 Å². The van der Waals surface area contributed by atoms with E-state index in [0.717, 1.165) is 48.5 Å². The van der Waals surface area contributed by atoms with Gasteiger partial charge in [-0.1, -0.05) is 34.8 Å². The summed E-state index contributed by atoms with van der Waals surface area (Å²) in [7, 11) is 0. The fraction of sp³-hybridized carbons (Fsp3) is 0.714. The van der Waals surface area contributed by atoms with Crippen molar-refractivity contribution < 1.29 is 85.7 Å². The molecule has 0 aliphatic carbocycles. The van der Waals surface area contributed by atoms with Crippen LogP contribution in [-0.4, -0.2) is 126 Å². The summed E-state index contributed by atoms with van der Waals surface area (Å²) in [5.74, 6) is -7.37. The molecule has 19 nitrogen and oxygen atoms in total. The molecule has 10 atom stereocenters. The number of hydrogen-bond donors (Lipinski definition) is 1. The third kappa shape index (κ3) is 13.0. The largest absolute Gasteiger partial charge is 0.463 e. The number of alkyl halides is 3. The second kappa shape index (κ2) is 18.7. The Morgan fingerprint density at radius 3 is 1.24 bits per heavy atom. The Labute approximate surface area is 300 Å². The van der Waals surface area contributed by atoms with Crippen LogP contribution in [0.3, 0.4) is 0 Å². The molecule has 2 fully saturated rings. The molecule has 2 aliphatic heterocycles. The molecule has 2 rings (SSSR count). The summed E-state index contributed by atoms with van der Waals surface area (Å²) in [4.78, 5) is 84.9. The Morgan fingerprint density at radius 2 is 0.840 bits per heavy atom. The van der Waals surface area contributed by atoms with Gasteiger partial charge in [-0.05, 0) is 0 Å². The first kappa shape index (κ1) is 42.7. The van der Waals surface area contributed by atoms with Crippen LogP contribution in [0.25, 0.3) is 0 Å². The lowest BCUT2D eigenvalue weighted by atomic mass is 9.96. The van der Waals surface area contributed by atoms with Gasteiger partial charge in [0.15, 0.2) is 30.7 Å². The van der Waals surface area contributed by atoms with Crippen molar-refractivity contribution in [3.63, 3.8) is 0 Å². The number of nitrogens with one attached hydrogen (secondary N) is 1. The van der Waals surface area contributed by atoms with Crippen molar-refractivity contribution in [3.05, 3.63) is 0 Å². The normalized spacial score (nSPS) is 29.3.